The van der Waals surface area contributed by atoms with Gasteiger partial charge in [0.25, 0.3) is 0 Å². The fourth-order valence-corrected chi connectivity index (χ4v) is 7.10. The molecule has 0 aliphatic carbocycles. The van der Waals surface area contributed by atoms with Crippen LogP contribution in [0.2, 0.25) is 0 Å². The van der Waals surface area contributed by atoms with Crippen molar-refractivity contribution < 1.29 is 24.5 Å². The Morgan fingerprint density at radius 3 is 1.38 bits per heavy atom. The summed E-state index contributed by atoms with van der Waals surface area (Å²) >= 11 is 0. The van der Waals surface area contributed by atoms with Crippen LogP contribution in [0.5, 0.6) is 0 Å². The van der Waals surface area contributed by atoms with Gasteiger partial charge in [0.2, 0.25) is 5.91 Å². The molecule has 0 aliphatic rings. The molecule has 3 N–H and O–H groups in total. The van der Waals surface area contributed by atoms with Gasteiger partial charge in [0.05, 0.1) is 25.2 Å². The van der Waals surface area contributed by atoms with Gasteiger partial charge in [0.1, 0.15) is 6.10 Å². The maximum absolute atomic E-state index is 13.2. The molecule has 0 radical (unpaired) electrons. The number of allylic oxidation sites excluding steroid dienone is 16. The monoisotopic (exact) mass is 848 g/mol. The van der Waals surface area contributed by atoms with Crippen LogP contribution in [0.3, 0.4) is 0 Å². The van der Waals surface area contributed by atoms with Gasteiger partial charge < -0.3 is 20.3 Å². The molecule has 61 heavy (non-hydrogen) atoms. The molecule has 0 saturated heterocycles. The first-order chi connectivity index (χ1) is 30.0. The van der Waals surface area contributed by atoms with E-state index in [9.17, 15) is 19.8 Å². The van der Waals surface area contributed by atoms with Gasteiger partial charge in [-0.1, -0.05) is 240 Å². The predicted molar refractivity (Wildman–Crippen MR) is 264 cm³/mol. The second kappa shape index (κ2) is 47.8. The zero-order valence-electron chi connectivity index (χ0n) is 39.5. The van der Waals surface area contributed by atoms with Crippen LogP contribution in [0.25, 0.3) is 0 Å². The molecule has 0 saturated carbocycles. The smallest absolute Gasteiger partial charge is 0.306 e. The molecule has 0 spiro atoms. The van der Waals surface area contributed by atoms with E-state index in [0.717, 1.165) is 83.5 Å². The molecule has 0 fully saturated rings. The molecule has 0 aromatic heterocycles. The third-order valence-corrected chi connectivity index (χ3v) is 10.8. The summed E-state index contributed by atoms with van der Waals surface area (Å²) < 4.78 is 5.87. The highest BCUT2D eigenvalue weighted by molar-refractivity contribution is 5.77. The van der Waals surface area contributed by atoms with Crippen LogP contribution in [0, 0.1) is 0 Å². The minimum Gasteiger partial charge on any atom is -0.462 e. The zero-order valence-corrected chi connectivity index (χ0v) is 39.5. The van der Waals surface area contributed by atoms with Gasteiger partial charge in [0, 0.05) is 6.42 Å². The van der Waals surface area contributed by atoms with Crippen molar-refractivity contribution in [2.24, 2.45) is 0 Å². The number of hydrogen-bond acceptors (Lipinski definition) is 5. The molecule has 3 atom stereocenters. The number of nitrogens with one attached hydrogen (secondary N) is 1. The van der Waals surface area contributed by atoms with Gasteiger partial charge in [-0.05, 0) is 57.8 Å². The van der Waals surface area contributed by atoms with Crippen LogP contribution in [0.4, 0.5) is 0 Å². The van der Waals surface area contributed by atoms with Crippen molar-refractivity contribution in [1.29, 1.82) is 0 Å². The molecular formula is C55H93NO5. The lowest BCUT2D eigenvalue weighted by atomic mass is 10.0. The number of unbranched alkanes of at least 4 members (excludes halogenated alkanes) is 21. The number of aliphatic hydroxyl groups is 2. The number of carbonyl (C=O) groups excluding carboxylic acids is 2. The Kier molecular flexibility index (Phi) is 45.3. The fraction of sp³-hybridized carbons (Fsp3) is 0.673. The molecule has 0 bridgehead atoms. The molecule has 1 amide bonds. The highest BCUT2D eigenvalue weighted by Gasteiger charge is 2.24. The third-order valence-electron chi connectivity index (χ3n) is 10.8. The van der Waals surface area contributed by atoms with Crippen molar-refractivity contribution in [3.63, 3.8) is 0 Å². The molecule has 348 valence electrons. The van der Waals surface area contributed by atoms with E-state index >= 15 is 0 Å². The van der Waals surface area contributed by atoms with Gasteiger partial charge in [-0.3, -0.25) is 9.59 Å². The van der Waals surface area contributed by atoms with E-state index in [0.29, 0.717) is 19.3 Å². The average Bonchev–Trinajstić information content (AvgIpc) is 3.25. The molecule has 0 aliphatic heterocycles. The van der Waals surface area contributed by atoms with Crippen molar-refractivity contribution in [3.05, 3.63) is 97.2 Å². The van der Waals surface area contributed by atoms with Crippen molar-refractivity contribution in [3.8, 4) is 0 Å². The fourth-order valence-electron chi connectivity index (χ4n) is 7.10. The van der Waals surface area contributed by atoms with Crippen LogP contribution in [-0.4, -0.2) is 46.9 Å². The number of esters is 1. The molecule has 6 nitrogen and oxygen atoms in total. The first kappa shape index (κ1) is 57.8. The highest BCUT2D eigenvalue weighted by atomic mass is 16.5. The Morgan fingerprint density at radius 1 is 0.492 bits per heavy atom. The number of aliphatic hydroxyl groups excluding tert-OH is 2. The number of carbonyl (C=O) groups is 2. The topological polar surface area (TPSA) is 95.9 Å². The minimum absolute atomic E-state index is 0.0165. The maximum atomic E-state index is 13.2. The van der Waals surface area contributed by atoms with Crippen LogP contribution in [-0.2, 0) is 14.3 Å². The molecule has 0 aromatic carbocycles. The van der Waals surface area contributed by atoms with E-state index in [2.05, 4.69) is 68.6 Å². The Balaban J connectivity index is 4.63. The Morgan fingerprint density at radius 2 is 0.902 bits per heavy atom. The van der Waals surface area contributed by atoms with Crippen molar-refractivity contribution in [1.82, 2.24) is 5.32 Å². The third kappa shape index (κ3) is 43.2. The summed E-state index contributed by atoms with van der Waals surface area (Å²) in [6.07, 6.45) is 63.3. The first-order valence-electron chi connectivity index (χ1n) is 25.1. The highest BCUT2D eigenvalue weighted by Crippen LogP contribution is 2.17. The Labute approximate surface area is 376 Å². The summed E-state index contributed by atoms with van der Waals surface area (Å²) in [5.74, 6) is -0.577. The van der Waals surface area contributed by atoms with E-state index in [-0.39, 0.29) is 24.9 Å². The molecule has 0 rings (SSSR count). The Hall–Kier alpha value is -3.22. The molecule has 3 unspecified atom stereocenters. The molecule has 0 heterocycles. The summed E-state index contributed by atoms with van der Waals surface area (Å²) in [7, 11) is 0. The van der Waals surface area contributed by atoms with Crippen molar-refractivity contribution in [2.45, 2.75) is 232 Å². The number of hydrogen-bond donors (Lipinski definition) is 3. The maximum Gasteiger partial charge on any atom is 0.306 e. The standard InChI is InChI=1S/C55H93NO5/c1-4-7-10-13-16-19-22-24-26-28-29-32-35-38-41-44-47-53(58)52(50-57)56-54(59)49-51(46-43-40-37-34-31-21-18-15-12-9-6-3)61-55(60)48-45-42-39-36-33-30-27-25-23-20-17-14-11-8-5-2/h8-9,11-12,14-15,17-18,20-21,23,25,27,31,34,37,51-53,57-58H,4-7,10,13,16,19,22,24,26,28-30,32-33,35-36,38-50H2,1-3H3,(H,56,59)/b11-8+,12-9+,17-14+,18-15+,23-20+,27-25-,31-21-,37-34-. The molecular weight excluding hydrogens is 755 g/mol. The Bertz CT molecular complexity index is 1220. The van der Waals surface area contributed by atoms with Gasteiger partial charge in [-0.15, -0.1) is 0 Å². The van der Waals surface area contributed by atoms with Gasteiger partial charge in [0.15, 0.2) is 0 Å². The van der Waals surface area contributed by atoms with Crippen molar-refractivity contribution in [2.75, 3.05) is 6.61 Å². The van der Waals surface area contributed by atoms with Gasteiger partial charge >= 0.3 is 5.97 Å². The largest absolute Gasteiger partial charge is 0.462 e. The van der Waals surface area contributed by atoms with Gasteiger partial charge in [-0.2, -0.15) is 0 Å². The van der Waals surface area contributed by atoms with E-state index in [1.807, 2.05) is 54.7 Å². The van der Waals surface area contributed by atoms with Crippen LogP contribution < -0.4 is 5.32 Å². The van der Waals surface area contributed by atoms with E-state index in [4.69, 9.17) is 4.74 Å². The second-order valence-corrected chi connectivity index (χ2v) is 16.6. The number of amides is 1. The van der Waals surface area contributed by atoms with Crippen LogP contribution in [0.15, 0.2) is 97.2 Å². The first-order valence-corrected chi connectivity index (χ1v) is 25.1. The van der Waals surface area contributed by atoms with E-state index in [1.54, 1.807) is 0 Å². The summed E-state index contributed by atoms with van der Waals surface area (Å²) in [5, 5.41) is 23.7. The van der Waals surface area contributed by atoms with Gasteiger partial charge in [-0.25, -0.2) is 0 Å². The predicted octanol–water partition coefficient (Wildman–Crippen LogP) is 14.9. The van der Waals surface area contributed by atoms with E-state index in [1.165, 1.54) is 83.5 Å². The summed E-state index contributed by atoms with van der Waals surface area (Å²) in [6.45, 7) is 6.17. The average molecular weight is 848 g/mol. The van der Waals surface area contributed by atoms with Crippen LogP contribution in [0.1, 0.15) is 213 Å². The SMILES string of the molecule is CC/C=C/C=C/C=C\C=C/CCCC(CC(=O)NC(CO)C(O)CCCCCCCCCCCCCCCCCC)OC(=O)CCCCCCC\C=C/C=C/C=C/C=C/CC. The normalized spacial score (nSPS) is 14.1. The summed E-state index contributed by atoms with van der Waals surface area (Å²) in [6, 6.07) is -0.733. The molecule has 0 aromatic rings. The zero-order chi connectivity index (χ0) is 44.5. The lowest BCUT2D eigenvalue weighted by Crippen LogP contribution is -2.46. The molecule has 6 heteroatoms. The minimum atomic E-state index is -0.814. The van der Waals surface area contributed by atoms with Crippen LogP contribution >= 0.6 is 0 Å². The lowest BCUT2D eigenvalue weighted by molar-refractivity contribution is -0.151. The quantitative estimate of drug-likeness (QED) is 0.0323. The summed E-state index contributed by atoms with van der Waals surface area (Å²) in [5.41, 5.74) is 0. The van der Waals surface area contributed by atoms with E-state index < -0.39 is 18.2 Å². The lowest BCUT2D eigenvalue weighted by Gasteiger charge is -2.24. The second-order valence-electron chi connectivity index (χ2n) is 16.6. The number of rotatable bonds is 43. The summed E-state index contributed by atoms with van der Waals surface area (Å²) in [4.78, 5) is 26.1. The number of ether oxygens (including phenoxy) is 1. The van der Waals surface area contributed by atoms with Crippen molar-refractivity contribution >= 4 is 11.9 Å².